The van der Waals surface area contributed by atoms with Crippen LogP contribution in [0, 0.1) is 41.5 Å². The lowest BCUT2D eigenvalue weighted by atomic mass is 10.1. The molecule has 0 N–H and O–H groups in total. The Morgan fingerprint density at radius 3 is 1.70 bits per heavy atom. The van der Waals surface area contributed by atoms with E-state index in [-0.39, 0.29) is 0 Å². The highest BCUT2D eigenvalue weighted by Gasteiger charge is 2.04. The molecular formula is C18H22N2. The van der Waals surface area contributed by atoms with E-state index in [0.29, 0.717) is 0 Å². The molecule has 104 valence electrons. The minimum absolute atomic E-state index is 0.951. The molecule has 0 unspecified atom stereocenters. The highest BCUT2D eigenvalue weighted by molar-refractivity contribution is 5.55. The summed E-state index contributed by atoms with van der Waals surface area (Å²) in [4.78, 5) is 0. The molecule has 2 nitrogen and oxygen atoms in total. The number of nitrogens with zero attached hydrogens (tertiary/aromatic N) is 2. The number of hydrogen-bond donors (Lipinski definition) is 0. The predicted octanol–water partition coefficient (Wildman–Crippen LogP) is 5.95. The molecule has 2 heteroatoms. The van der Waals surface area contributed by atoms with Gasteiger partial charge in [-0.2, -0.15) is 5.11 Å². The normalized spacial score (nSPS) is 11.3. The van der Waals surface area contributed by atoms with Crippen LogP contribution in [0.15, 0.2) is 34.5 Å². The lowest BCUT2D eigenvalue weighted by Crippen LogP contribution is -1.84. The van der Waals surface area contributed by atoms with Gasteiger partial charge in [0, 0.05) is 0 Å². The fourth-order valence-corrected chi connectivity index (χ4v) is 2.49. The Kier molecular flexibility index (Phi) is 4.03. The first-order valence-electron chi connectivity index (χ1n) is 6.96. The van der Waals surface area contributed by atoms with Crippen molar-refractivity contribution in [3.8, 4) is 0 Å². The van der Waals surface area contributed by atoms with Gasteiger partial charge in [-0.1, -0.05) is 23.8 Å². The first-order valence-corrected chi connectivity index (χ1v) is 6.96. The molecule has 0 spiro atoms. The van der Waals surface area contributed by atoms with E-state index >= 15 is 0 Å². The van der Waals surface area contributed by atoms with Gasteiger partial charge in [-0.05, 0) is 75.4 Å². The third kappa shape index (κ3) is 2.96. The summed E-state index contributed by atoms with van der Waals surface area (Å²) in [6, 6.07) is 8.56. The second kappa shape index (κ2) is 5.58. The molecular weight excluding hydrogens is 244 g/mol. The van der Waals surface area contributed by atoms with Crippen molar-refractivity contribution < 1.29 is 0 Å². The molecule has 0 saturated carbocycles. The molecule has 2 rings (SSSR count). The van der Waals surface area contributed by atoms with Gasteiger partial charge < -0.3 is 0 Å². The largest absolute Gasteiger partial charge is 0.150 e. The van der Waals surface area contributed by atoms with E-state index in [9.17, 15) is 0 Å². The van der Waals surface area contributed by atoms with Gasteiger partial charge >= 0.3 is 0 Å². The van der Waals surface area contributed by atoms with Crippen LogP contribution in [0.1, 0.15) is 33.4 Å². The summed E-state index contributed by atoms with van der Waals surface area (Å²) in [5, 5.41) is 8.93. The van der Waals surface area contributed by atoms with Crippen LogP contribution >= 0.6 is 0 Å². The molecule has 0 aromatic heterocycles. The molecule has 0 fully saturated rings. The van der Waals surface area contributed by atoms with E-state index in [0.717, 1.165) is 11.4 Å². The van der Waals surface area contributed by atoms with Gasteiger partial charge in [-0.25, -0.2) is 0 Å². The van der Waals surface area contributed by atoms with E-state index in [1.807, 2.05) is 0 Å². The quantitative estimate of drug-likeness (QED) is 0.600. The Hall–Kier alpha value is -1.96. The first-order chi connectivity index (χ1) is 9.38. The average Bonchev–Trinajstić information content (AvgIpc) is 2.33. The third-order valence-corrected chi connectivity index (χ3v) is 3.71. The summed E-state index contributed by atoms with van der Waals surface area (Å²) in [6.07, 6.45) is 0. The van der Waals surface area contributed by atoms with E-state index in [4.69, 9.17) is 0 Å². The number of aryl methyl sites for hydroxylation is 6. The monoisotopic (exact) mass is 266 g/mol. The molecule has 2 aromatic rings. The molecule has 0 radical (unpaired) electrons. The maximum atomic E-state index is 4.47. The fourth-order valence-electron chi connectivity index (χ4n) is 2.49. The summed E-state index contributed by atoms with van der Waals surface area (Å²) < 4.78 is 0. The van der Waals surface area contributed by atoms with Gasteiger partial charge in [0.05, 0.1) is 11.4 Å². The molecule has 20 heavy (non-hydrogen) atoms. The summed E-state index contributed by atoms with van der Waals surface area (Å²) in [5.74, 6) is 0. The SMILES string of the molecule is Cc1cc(C)c(N=Nc2cc(C)c(C)cc2C)c(C)c1. The molecule has 0 aliphatic rings. The molecule has 0 saturated heterocycles. The van der Waals surface area contributed by atoms with E-state index in [2.05, 4.69) is 76.0 Å². The van der Waals surface area contributed by atoms with E-state index in [1.165, 1.54) is 33.4 Å². The van der Waals surface area contributed by atoms with Crippen molar-refractivity contribution >= 4 is 11.4 Å². The molecule has 0 heterocycles. The minimum atomic E-state index is 0.951. The summed E-state index contributed by atoms with van der Waals surface area (Å²) >= 11 is 0. The Balaban J connectivity index is 2.42. The number of hydrogen-bond acceptors (Lipinski definition) is 2. The molecule has 0 aliphatic heterocycles. The summed E-state index contributed by atoms with van der Waals surface area (Å²) in [5.41, 5.74) is 9.26. The van der Waals surface area contributed by atoms with Crippen LogP contribution in [0.5, 0.6) is 0 Å². The van der Waals surface area contributed by atoms with Gasteiger partial charge in [0.2, 0.25) is 0 Å². The van der Waals surface area contributed by atoms with Crippen molar-refractivity contribution in [3.05, 3.63) is 57.6 Å². The lowest BCUT2D eigenvalue weighted by molar-refractivity contribution is 1.15. The van der Waals surface area contributed by atoms with Crippen molar-refractivity contribution in [2.45, 2.75) is 41.5 Å². The van der Waals surface area contributed by atoms with Gasteiger partial charge in [0.15, 0.2) is 0 Å². The molecule has 0 amide bonds. The van der Waals surface area contributed by atoms with Crippen molar-refractivity contribution in [1.29, 1.82) is 0 Å². The lowest BCUT2D eigenvalue weighted by Gasteiger charge is -2.07. The third-order valence-electron chi connectivity index (χ3n) is 3.71. The highest BCUT2D eigenvalue weighted by Crippen LogP contribution is 2.29. The minimum Gasteiger partial charge on any atom is -0.150 e. The molecule has 2 aromatic carbocycles. The van der Waals surface area contributed by atoms with Crippen LogP contribution in [-0.4, -0.2) is 0 Å². The summed E-state index contributed by atoms with van der Waals surface area (Å²) in [6.45, 7) is 12.6. The zero-order valence-electron chi connectivity index (χ0n) is 13.2. The van der Waals surface area contributed by atoms with Crippen LogP contribution in [0.2, 0.25) is 0 Å². The molecule has 0 bridgehead atoms. The standard InChI is InChI=1S/C18H22N2/c1-11-7-15(5)18(16(6)8-11)20-19-17-10-13(3)12(2)9-14(17)4/h7-10H,1-6H3. The van der Waals surface area contributed by atoms with Crippen LogP contribution in [0.3, 0.4) is 0 Å². The first kappa shape index (κ1) is 14.4. The topological polar surface area (TPSA) is 24.7 Å². The van der Waals surface area contributed by atoms with Crippen molar-refractivity contribution in [2.24, 2.45) is 10.2 Å². The zero-order chi connectivity index (χ0) is 14.9. The van der Waals surface area contributed by atoms with Gasteiger partial charge in [0.25, 0.3) is 0 Å². The van der Waals surface area contributed by atoms with Crippen LogP contribution in [-0.2, 0) is 0 Å². The second-order valence-corrected chi connectivity index (χ2v) is 5.67. The summed E-state index contributed by atoms with van der Waals surface area (Å²) in [7, 11) is 0. The maximum Gasteiger partial charge on any atom is 0.0915 e. The Bertz CT molecular complexity index is 659. The van der Waals surface area contributed by atoms with E-state index < -0.39 is 0 Å². The Labute approximate surface area is 121 Å². The maximum absolute atomic E-state index is 4.47. The Morgan fingerprint density at radius 2 is 1.10 bits per heavy atom. The second-order valence-electron chi connectivity index (χ2n) is 5.67. The van der Waals surface area contributed by atoms with Crippen molar-refractivity contribution in [3.63, 3.8) is 0 Å². The molecule has 0 atom stereocenters. The Morgan fingerprint density at radius 1 is 0.550 bits per heavy atom. The van der Waals surface area contributed by atoms with E-state index in [1.54, 1.807) is 0 Å². The highest BCUT2D eigenvalue weighted by atomic mass is 15.1. The smallest absolute Gasteiger partial charge is 0.0915 e. The van der Waals surface area contributed by atoms with Gasteiger partial charge in [-0.15, -0.1) is 5.11 Å². The van der Waals surface area contributed by atoms with Crippen LogP contribution in [0.25, 0.3) is 0 Å². The number of benzene rings is 2. The van der Waals surface area contributed by atoms with Crippen molar-refractivity contribution in [1.82, 2.24) is 0 Å². The average molecular weight is 266 g/mol. The number of azo groups is 1. The zero-order valence-corrected chi connectivity index (χ0v) is 13.2. The fraction of sp³-hybridized carbons (Fsp3) is 0.333. The predicted molar refractivity (Wildman–Crippen MR) is 85.5 cm³/mol. The van der Waals surface area contributed by atoms with Gasteiger partial charge in [-0.3, -0.25) is 0 Å². The van der Waals surface area contributed by atoms with Crippen molar-refractivity contribution in [2.75, 3.05) is 0 Å². The molecule has 0 aliphatic carbocycles. The number of rotatable bonds is 2. The van der Waals surface area contributed by atoms with Gasteiger partial charge in [0.1, 0.15) is 0 Å². The van der Waals surface area contributed by atoms with Crippen LogP contribution in [0.4, 0.5) is 11.4 Å². The van der Waals surface area contributed by atoms with Crippen LogP contribution < -0.4 is 0 Å².